The van der Waals surface area contributed by atoms with Gasteiger partial charge in [0.25, 0.3) is 0 Å². The highest BCUT2D eigenvalue weighted by Gasteiger charge is 2.06. The predicted octanol–water partition coefficient (Wildman–Crippen LogP) is 0.212. The minimum atomic E-state index is 0.296. The highest BCUT2D eigenvalue weighted by Crippen LogP contribution is 2.12. The number of hydrogen-bond donors (Lipinski definition) is 3. The van der Waals surface area contributed by atoms with E-state index in [4.69, 9.17) is 15.1 Å². The van der Waals surface area contributed by atoms with E-state index in [1.807, 2.05) is 0 Å². The second kappa shape index (κ2) is 6.07. The molecule has 0 spiro atoms. The first-order valence-electron chi connectivity index (χ1n) is 5.58. The number of hydrazine groups is 1. The fourth-order valence-corrected chi connectivity index (χ4v) is 1.43. The molecule has 4 N–H and O–H groups in total. The topological polar surface area (TPSA) is 124 Å². The maximum Gasteiger partial charge on any atom is 0.245 e. The van der Waals surface area contributed by atoms with Gasteiger partial charge in [0.2, 0.25) is 5.89 Å². The molecule has 2 heterocycles. The van der Waals surface area contributed by atoms with Crippen molar-refractivity contribution in [2.45, 2.75) is 20.1 Å². The Balaban J connectivity index is 2.08. The number of nitrogen functional groups attached to an aromatic ring is 1. The van der Waals surface area contributed by atoms with E-state index in [0.717, 1.165) is 0 Å². The van der Waals surface area contributed by atoms with Gasteiger partial charge in [-0.1, -0.05) is 5.16 Å². The number of rotatable bonds is 6. The van der Waals surface area contributed by atoms with Crippen LogP contribution in [0.3, 0.4) is 0 Å². The van der Waals surface area contributed by atoms with Crippen LogP contribution < -0.4 is 16.6 Å². The van der Waals surface area contributed by atoms with Gasteiger partial charge in [0.15, 0.2) is 11.6 Å². The van der Waals surface area contributed by atoms with Gasteiger partial charge in [-0.3, -0.25) is 0 Å². The molecular formula is C10H15N7O2. The summed E-state index contributed by atoms with van der Waals surface area (Å²) in [6, 6.07) is 1.67. The van der Waals surface area contributed by atoms with E-state index >= 15 is 0 Å². The van der Waals surface area contributed by atoms with Gasteiger partial charge in [-0.15, -0.1) is 0 Å². The molecule has 2 aromatic heterocycles. The molecule has 9 heteroatoms. The summed E-state index contributed by atoms with van der Waals surface area (Å²) in [6.07, 6.45) is 0. The maximum atomic E-state index is 5.34. The molecule has 0 aromatic carbocycles. The molecule has 0 aliphatic heterocycles. The van der Waals surface area contributed by atoms with Crippen LogP contribution in [0.1, 0.15) is 17.5 Å². The van der Waals surface area contributed by atoms with Gasteiger partial charge in [0.05, 0.1) is 6.54 Å². The van der Waals surface area contributed by atoms with Crippen molar-refractivity contribution in [3.63, 3.8) is 0 Å². The van der Waals surface area contributed by atoms with Crippen molar-refractivity contribution >= 4 is 11.6 Å². The fourth-order valence-electron chi connectivity index (χ4n) is 1.43. The number of nitrogens with zero attached hydrogens (tertiary/aromatic N) is 4. The van der Waals surface area contributed by atoms with Crippen LogP contribution in [-0.4, -0.2) is 27.2 Å². The Morgan fingerprint density at radius 1 is 1.32 bits per heavy atom. The zero-order valence-electron chi connectivity index (χ0n) is 10.7. The van der Waals surface area contributed by atoms with Crippen molar-refractivity contribution in [3.8, 4) is 0 Å². The highest BCUT2D eigenvalue weighted by molar-refractivity contribution is 5.46. The molecule has 0 amide bonds. The van der Waals surface area contributed by atoms with Crippen LogP contribution in [0.5, 0.6) is 0 Å². The highest BCUT2D eigenvalue weighted by atomic mass is 16.5. The molecule has 0 aliphatic carbocycles. The van der Waals surface area contributed by atoms with E-state index in [2.05, 4.69) is 30.9 Å². The number of methoxy groups -OCH3 is 1. The first-order valence-corrected chi connectivity index (χ1v) is 5.58. The zero-order valence-corrected chi connectivity index (χ0v) is 10.7. The van der Waals surface area contributed by atoms with Gasteiger partial charge in [-0.2, -0.15) is 4.98 Å². The van der Waals surface area contributed by atoms with Crippen molar-refractivity contribution in [1.29, 1.82) is 0 Å². The second-order valence-corrected chi connectivity index (χ2v) is 3.72. The summed E-state index contributed by atoms with van der Waals surface area (Å²) in [7, 11) is 1.57. The number of nitrogens with two attached hydrogens (primary N) is 1. The molecule has 0 saturated heterocycles. The SMILES string of the molecule is COCc1nc(NN)cc(NCc2nc(C)no2)n1. The molecule has 102 valence electrons. The standard InChI is InChI=1S/C10H15N7O2/c1-6-13-10(19-17-6)4-12-7-3-8(16-11)15-9(14-7)5-18-2/h3H,4-5,11H2,1-2H3,(H2,12,14,15,16). The summed E-state index contributed by atoms with van der Waals surface area (Å²) in [4.78, 5) is 12.5. The lowest BCUT2D eigenvalue weighted by Gasteiger charge is -2.07. The first kappa shape index (κ1) is 13.2. The Labute approximate surface area is 109 Å². The molecule has 2 rings (SSSR count). The van der Waals surface area contributed by atoms with E-state index in [0.29, 0.717) is 42.3 Å². The van der Waals surface area contributed by atoms with Crippen LogP contribution in [0.2, 0.25) is 0 Å². The summed E-state index contributed by atoms with van der Waals surface area (Å²) in [5, 5.41) is 6.75. The molecule has 0 unspecified atom stereocenters. The molecule has 0 atom stereocenters. The van der Waals surface area contributed by atoms with Crippen LogP contribution in [0.4, 0.5) is 11.6 Å². The lowest BCUT2D eigenvalue weighted by molar-refractivity contribution is 0.178. The fraction of sp³-hybridized carbons (Fsp3) is 0.400. The Bertz CT molecular complexity index is 542. The van der Waals surface area contributed by atoms with Gasteiger partial charge in [0.1, 0.15) is 18.2 Å². The van der Waals surface area contributed by atoms with Crippen LogP contribution in [0, 0.1) is 6.92 Å². The van der Waals surface area contributed by atoms with E-state index in [1.54, 1.807) is 20.1 Å². The lowest BCUT2D eigenvalue weighted by Crippen LogP contribution is -2.12. The second-order valence-electron chi connectivity index (χ2n) is 3.72. The molecule has 2 aromatic rings. The molecule has 0 aliphatic rings. The normalized spacial score (nSPS) is 10.5. The number of aromatic nitrogens is 4. The van der Waals surface area contributed by atoms with Gasteiger partial charge in [0, 0.05) is 13.2 Å². The van der Waals surface area contributed by atoms with E-state index in [-0.39, 0.29) is 0 Å². The minimum absolute atomic E-state index is 0.296. The maximum absolute atomic E-state index is 5.34. The van der Waals surface area contributed by atoms with Crippen LogP contribution >= 0.6 is 0 Å². The molecular weight excluding hydrogens is 250 g/mol. The summed E-state index contributed by atoms with van der Waals surface area (Å²) < 4.78 is 9.97. The smallest absolute Gasteiger partial charge is 0.245 e. The van der Waals surface area contributed by atoms with Crippen LogP contribution in [0.15, 0.2) is 10.6 Å². The molecule has 9 nitrogen and oxygen atoms in total. The average Bonchev–Trinajstić information content (AvgIpc) is 2.82. The molecule has 0 bridgehead atoms. The van der Waals surface area contributed by atoms with Crippen molar-refractivity contribution in [2.75, 3.05) is 17.9 Å². The van der Waals surface area contributed by atoms with E-state index < -0.39 is 0 Å². The molecule has 0 radical (unpaired) electrons. The van der Waals surface area contributed by atoms with Crippen LogP contribution in [0.25, 0.3) is 0 Å². The third-order valence-corrected chi connectivity index (χ3v) is 2.18. The van der Waals surface area contributed by atoms with Crippen LogP contribution in [-0.2, 0) is 17.9 Å². The van der Waals surface area contributed by atoms with Gasteiger partial charge < -0.3 is 20.0 Å². The van der Waals surface area contributed by atoms with Crippen molar-refractivity contribution in [1.82, 2.24) is 20.1 Å². The van der Waals surface area contributed by atoms with Gasteiger partial charge in [-0.25, -0.2) is 15.8 Å². The lowest BCUT2D eigenvalue weighted by atomic mass is 10.4. The Hall–Kier alpha value is -2.26. The third kappa shape index (κ3) is 3.60. The van der Waals surface area contributed by atoms with Crippen molar-refractivity contribution in [3.05, 3.63) is 23.6 Å². The van der Waals surface area contributed by atoms with E-state index in [1.165, 1.54) is 0 Å². The van der Waals surface area contributed by atoms with Crippen molar-refractivity contribution in [2.24, 2.45) is 5.84 Å². The van der Waals surface area contributed by atoms with Gasteiger partial charge >= 0.3 is 0 Å². The average molecular weight is 265 g/mol. The minimum Gasteiger partial charge on any atom is -0.377 e. The molecule has 0 saturated carbocycles. The number of aryl methyl sites for hydroxylation is 1. The summed E-state index contributed by atoms with van der Waals surface area (Å²) in [5.74, 6) is 8.01. The van der Waals surface area contributed by atoms with Gasteiger partial charge in [-0.05, 0) is 6.92 Å². The number of anilines is 2. The van der Waals surface area contributed by atoms with E-state index in [9.17, 15) is 0 Å². The first-order chi connectivity index (χ1) is 9.21. The molecule has 0 fully saturated rings. The monoisotopic (exact) mass is 265 g/mol. The number of ether oxygens (including phenoxy) is 1. The van der Waals surface area contributed by atoms with Crippen molar-refractivity contribution < 1.29 is 9.26 Å². The number of nitrogens with one attached hydrogen (secondary N) is 2. The molecule has 19 heavy (non-hydrogen) atoms. The summed E-state index contributed by atoms with van der Waals surface area (Å²) >= 11 is 0. The largest absolute Gasteiger partial charge is 0.377 e. The Kier molecular flexibility index (Phi) is 4.21. The predicted molar refractivity (Wildman–Crippen MR) is 66.9 cm³/mol. The quantitative estimate of drug-likeness (QED) is 0.496. The summed E-state index contributed by atoms with van der Waals surface area (Å²) in [6.45, 7) is 2.42. The summed E-state index contributed by atoms with van der Waals surface area (Å²) in [5.41, 5.74) is 2.47. The Morgan fingerprint density at radius 3 is 2.74 bits per heavy atom. The zero-order chi connectivity index (χ0) is 13.7. The Morgan fingerprint density at radius 2 is 2.11 bits per heavy atom. The number of hydrogen-bond acceptors (Lipinski definition) is 9. The third-order valence-electron chi connectivity index (χ3n) is 2.18.